The van der Waals surface area contributed by atoms with Gasteiger partial charge in [-0.05, 0) is 42.7 Å². The maximum absolute atomic E-state index is 11.1. The van der Waals surface area contributed by atoms with E-state index >= 15 is 0 Å². The lowest BCUT2D eigenvalue weighted by molar-refractivity contribution is 0.0697. The van der Waals surface area contributed by atoms with E-state index in [4.69, 9.17) is 9.52 Å². The first-order valence-corrected chi connectivity index (χ1v) is 9.03. The van der Waals surface area contributed by atoms with E-state index < -0.39 is 5.97 Å². The summed E-state index contributed by atoms with van der Waals surface area (Å²) in [5.41, 5.74) is 3.35. The third-order valence-corrected chi connectivity index (χ3v) is 4.57. The standard InChI is InChI=1S/C22H24O3/c1-2-3-4-5-6-7-16-8-10-17(11-9-16)21-15-19-14-18(22(23)24)12-13-20(19)25-21/h8-15H,2-7H2,1H3,(H,23,24). The van der Waals surface area contributed by atoms with Crippen LogP contribution in [0.2, 0.25) is 0 Å². The zero-order valence-corrected chi connectivity index (χ0v) is 14.6. The second-order valence-corrected chi connectivity index (χ2v) is 6.53. The highest BCUT2D eigenvalue weighted by molar-refractivity contribution is 5.94. The second-order valence-electron chi connectivity index (χ2n) is 6.53. The van der Waals surface area contributed by atoms with E-state index in [0.29, 0.717) is 5.58 Å². The van der Waals surface area contributed by atoms with Crippen molar-refractivity contribution in [2.24, 2.45) is 0 Å². The first kappa shape index (κ1) is 17.3. The molecule has 0 aliphatic heterocycles. The number of carbonyl (C=O) groups is 1. The van der Waals surface area contributed by atoms with E-state index in [1.165, 1.54) is 37.7 Å². The van der Waals surface area contributed by atoms with Gasteiger partial charge in [-0.1, -0.05) is 56.9 Å². The molecule has 3 heteroatoms. The van der Waals surface area contributed by atoms with Crippen LogP contribution < -0.4 is 0 Å². The average Bonchev–Trinajstić information content (AvgIpc) is 3.05. The van der Waals surface area contributed by atoms with Gasteiger partial charge in [0.15, 0.2) is 0 Å². The smallest absolute Gasteiger partial charge is 0.335 e. The van der Waals surface area contributed by atoms with E-state index in [-0.39, 0.29) is 5.56 Å². The molecule has 0 atom stereocenters. The molecule has 0 saturated heterocycles. The molecule has 0 spiro atoms. The molecule has 0 bridgehead atoms. The molecule has 0 aliphatic carbocycles. The molecule has 25 heavy (non-hydrogen) atoms. The number of unbranched alkanes of at least 4 members (excludes halogenated alkanes) is 4. The summed E-state index contributed by atoms with van der Waals surface area (Å²) < 4.78 is 5.86. The summed E-state index contributed by atoms with van der Waals surface area (Å²) >= 11 is 0. The Morgan fingerprint density at radius 3 is 2.44 bits per heavy atom. The molecular formula is C22H24O3. The van der Waals surface area contributed by atoms with Gasteiger partial charge in [-0.15, -0.1) is 0 Å². The Morgan fingerprint density at radius 2 is 1.72 bits per heavy atom. The summed E-state index contributed by atoms with van der Waals surface area (Å²) in [6.07, 6.45) is 7.58. The quantitative estimate of drug-likeness (QED) is 0.490. The SMILES string of the molecule is CCCCCCCc1ccc(-c2cc3cc(C(=O)O)ccc3o2)cc1. The van der Waals surface area contributed by atoms with Crippen LogP contribution in [0.4, 0.5) is 0 Å². The summed E-state index contributed by atoms with van der Waals surface area (Å²) in [5.74, 6) is -0.153. The highest BCUT2D eigenvalue weighted by atomic mass is 16.4. The van der Waals surface area contributed by atoms with Gasteiger partial charge < -0.3 is 9.52 Å². The molecular weight excluding hydrogens is 312 g/mol. The Balaban J connectivity index is 1.69. The van der Waals surface area contributed by atoms with Crippen LogP contribution in [0.1, 0.15) is 54.9 Å². The van der Waals surface area contributed by atoms with Crippen molar-refractivity contribution < 1.29 is 14.3 Å². The molecule has 0 saturated carbocycles. The Bertz CT molecular complexity index is 843. The number of aromatic carboxylic acids is 1. The molecule has 0 unspecified atom stereocenters. The van der Waals surface area contributed by atoms with Crippen LogP contribution in [0.5, 0.6) is 0 Å². The Labute approximate surface area is 148 Å². The molecule has 3 rings (SSSR count). The van der Waals surface area contributed by atoms with Crippen molar-refractivity contribution in [1.82, 2.24) is 0 Å². The molecule has 3 aromatic rings. The fourth-order valence-electron chi connectivity index (χ4n) is 3.09. The van der Waals surface area contributed by atoms with Gasteiger partial charge >= 0.3 is 5.97 Å². The summed E-state index contributed by atoms with van der Waals surface area (Å²) in [6.45, 7) is 2.24. The molecule has 0 radical (unpaired) electrons. The van der Waals surface area contributed by atoms with Crippen molar-refractivity contribution in [3.8, 4) is 11.3 Å². The second kappa shape index (κ2) is 8.02. The van der Waals surface area contributed by atoms with Crippen molar-refractivity contribution in [2.45, 2.75) is 45.4 Å². The van der Waals surface area contributed by atoms with Gasteiger partial charge in [0, 0.05) is 10.9 Å². The highest BCUT2D eigenvalue weighted by Crippen LogP contribution is 2.29. The molecule has 0 amide bonds. The van der Waals surface area contributed by atoms with Crippen molar-refractivity contribution in [2.75, 3.05) is 0 Å². The Hall–Kier alpha value is -2.55. The lowest BCUT2D eigenvalue weighted by atomic mass is 10.0. The van der Waals surface area contributed by atoms with Gasteiger partial charge in [0.2, 0.25) is 0 Å². The number of carboxylic acid groups (broad SMARTS) is 1. The molecule has 3 nitrogen and oxygen atoms in total. The van der Waals surface area contributed by atoms with Gasteiger partial charge in [-0.25, -0.2) is 4.79 Å². The predicted molar refractivity (Wildman–Crippen MR) is 101 cm³/mol. The number of carboxylic acids is 1. The third-order valence-electron chi connectivity index (χ3n) is 4.57. The maximum atomic E-state index is 11.1. The first-order chi connectivity index (χ1) is 12.2. The molecule has 1 N–H and O–H groups in total. The summed E-state index contributed by atoms with van der Waals surface area (Å²) in [5, 5.41) is 9.90. The van der Waals surface area contributed by atoms with Crippen LogP contribution in [-0.2, 0) is 6.42 Å². The number of rotatable bonds is 8. The Morgan fingerprint density at radius 1 is 0.960 bits per heavy atom. The monoisotopic (exact) mass is 336 g/mol. The molecule has 2 aromatic carbocycles. The van der Waals surface area contributed by atoms with E-state index in [0.717, 1.165) is 23.1 Å². The normalized spacial score (nSPS) is 11.1. The lowest BCUT2D eigenvalue weighted by Crippen LogP contribution is -1.94. The largest absolute Gasteiger partial charge is 0.478 e. The minimum atomic E-state index is -0.923. The summed E-state index contributed by atoms with van der Waals surface area (Å²) in [6, 6.07) is 15.3. The van der Waals surface area contributed by atoms with Crippen LogP contribution in [0, 0.1) is 0 Å². The number of hydrogen-bond donors (Lipinski definition) is 1. The highest BCUT2D eigenvalue weighted by Gasteiger charge is 2.09. The van der Waals surface area contributed by atoms with Crippen molar-refractivity contribution in [1.29, 1.82) is 0 Å². The van der Waals surface area contributed by atoms with Crippen molar-refractivity contribution >= 4 is 16.9 Å². The molecule has 1 heterocycles. The van der Waals surface area contributed by atoms with Gasteiger partial charge in [0.25, 0.3) is 0 Å². The van der Waals surface area contributed by atoms with E-state index in [1.807, 2.05) is 6.07 Å². The zero-order valence-electron chi connectivity index (χ0n) is 14.6. The fraction of sp³-hybridized carbons (Fsp3) is 0.318. The van der Waals surface area contributed by atoms with Crippen LogP contribution in [-0.4, -0.2) is 11.1 Å². The van der Waals surface area contributed by atoms with E-state index in [1.54, 1.807) is 18.2 Å². The average molecular weight is 336 g/mol. The lowest BCUT2D eigenvalue weighted by Gasteiger charge is -2.03. The van der Waals surface area contributed by atoms with Gasteiger partial charge in [0.05, 0.1) is 5.56 Å². The topological polar surface area (TPSA) is 50.4 Å². The van der Waals surface area contributed by atoms with Gasteiger partial charge in [-0.3, -0.25) is 0 Å². The predicted octanol–water partition coefficient (Wildman–Crippen LogP) is 6.31. The number of furan rings is 1. The fourth-order valence-corrected chi connectivity index (χ4v) is 3.09. The number of fused-ring (bicyclic) bond motifs is 1. The zero-order chi connectivity index (χ0) is 17.6. The molecule has 0 fully saturated rings. The van der Waals surface area contributed by atoms with Crippen LogP contribution >= 0.6 is 0 Å². The minimum Gasteiger partial charge on any atom is -0.478 e. The minimum absolute atomic E-state index is 0.276. The number of hydrogen-bond acceptors (Lipinski definition) is 2. The van der Waals surface area contributed by atoms with Crippen LogP contribution in [0.25, 0.3) is 22.3 Å². The van der Waals surface area contributed by atoms with Crippen LogP contribution in [0.3, 0.4) is 0 Å². The third kappa shape index (κ3) is 4.30. The summed E-state index contributed by atoms with van der Waals surface area (Å²) in [4.78, 5) is 11.1. The molecule has 0 aliphatic rings. The van der Waals surface area contributed by atoms with E-state index in [2.05, 4.69) is 31.2 Å². The summed E-state index contributed by atoms with van der Waals surface area (Å²) in [7, 11) is 0. The van der Waals surface area contributed by atoms with Crippen molar-refractivity contribution in [3.63, 3.8) is 0 Å². The number of aryl methyl sites for hydroxylation is 1. The van der Waals surface area contributed by atoms with Crippen molar-refractivity contribution in [3.05, 3.63) is 59.7 Å². The molecule has 1 aromatic heterocycles. The first-order valence-electron chi connectivity index (χ1n) is 9.03. The van der Waals surface area contributed by atoms with E-state index in [9.17, 15) is 4.79 Å². The van der Waals surface area contributed by atoms with Crippen LogP contribution in [0.15, 0.2) is 52.9 Å². The van der Waals surface area contributed by atoms with Gasteiger partial charge in [-0.2, -0.15) is 0 Å². The maximum Gasteiger partial charge on any atom is 0.335 e. The van der Waals surface area contributed by atoms with Gasteiger partial charge in [0.1, 0.15) is 11.3 Å². The number of benzene rings is 2. The molecule has 130 valence electrons. The Kier molecular flexibility index (Phi) is 5.54.